The van der Waals surface area contributed by atoms with Crippen LogP contribution < -0.4 is 5.32 Å². The van der Waals surface area contributed by atoms with Gasteiger partial charge in [0.25, 0.3) is 5.91 Å². The van der Waals surface area contributed by atoms with E-state index in [9.17, 15) is 22.0 Å². The molecule has 0 unspecified atom stereocenters. The van der Waals surface area contributed by atoms with Crippen molar-refractivity contribution in [1.82, 2.24) is 0 Å². The van der Waals surface area contributed by atoms with Gasteiger partial charge in [0.15, 0.2) is 9.84 Å². The number of sulfone groups is 1. The van der Waals surface area contributed by atoms with Crippen LogP contribution in [0.25, 0.3) is 0 Å². The number of aryl methyl sites for hydroxylation is 1. The van der Waals surface area contributed by atoms with E-state index in [-0.39, 0.29) is 16.1 Å². The molecule has 0 heterocycles. The van der Waals surface area contributed by atoms with Crippen molar-refractivity contribution >= 4 is 21.4 Å². The van der Waals surface area contributed by atoms with E-state index in [1.165, 1.54) is 18.2 Å². The maximum Gasteiger partial charge on any atom is 0.256 e. The maximum atomic E-state index is 13.5. The number of benzene rings is 2. The average Bonchev–Trinajstić information content (AvgIpc) is 2.41. The van der Waals surface area contributed by atoms with Gasteiger partial charge in [-0.1, -0.05) is 6.07 Å². The number of hydrogen-bond donors (Lipinski definition) is 1. The van der Waals surface area contributed by atoms with Crippen molar-refractivity contribution in [3.63, 3.8) is 0 Å². The fourth-order valence-corrected chi connectivity index (χ4v) is 2.50. The number of hydrogen-bond acceptors (Lipinski definition) is 3. The highest BCUT2D eigenvalue weighted by molar-refractivity contribution is 7.90. The number of nitrogens with one attached hydrogen (secondary N) is 1. The molecule has 0 aromatic heterocycles. The fraction of sp³-hybridized carbons (Fsp3) is 0.133. The lowest BCUT2D eigenvalue weighted by Gasteiger charge is -2.10. The minimum Gasteiger partial charge on any atom is -0.319 e. The van der Waals surface area contributed by atoms with Gasteiger partial charge in [-0.15, -0.1) is 0 Å². The number of rotatable bonds is 3. The Morgan fingerprint density at radius 1 is 1.09 bits per heavy atom. The number of anilines is 1. The summed E-state index contributed by atoms with van der Waals surface area (Å²) >= 11 is 0. The largest absolute Gasteiger partial charge is 0.319 e. The Labute approximate surface area is 126 Å². The highest BCUT2D eigenvalue weighted by Crippen LogP contribution is 2.19. The van der Waals surface area contributed by atoms with Crippen LogP contribution in [0, 0.1) is 18.6 Å². The summed E-state index contributed by atoms with van der Waals surface area (Å²) in [5, 5.41) is 2.30. The van der Waals surface area contributed by atoms with Gasteiger partial charge in [-0.25, -0.2) is 17.2 Å². The Morgan fingerprint density at radius 3 is 2.36 bits per heavy atom. The monoisotopic (exact) mass is 325 g/mol. The van der Waals surface area contributed by atoms with E-state index < -0.39 is 27.4 Å². The fourth-order valence-electron chi connectivity index (χ4n) is 1.86. The molecule has 1 amide bonds. The van der Waals surface area contributed by atoms with Crippen LogP contribution in [0.2, 0.25) is 0 Å². The van der Waals surface area contributed by atoms with Gasteiger partial charge >= 0.3 is 0 Å². The molecule has 2 aromatic rings. The van der Waals surface area contributed by atoms with Crippen molar-refractivity contribution in [2.75, 3.05) is 11.6 Å². The number of amides is 1. The Morgan fingerprint density at radius 2 is 1.77 bits per heavy atom. The molecule has 0 radical (unpaired) electrons. The second-order valence-electron chi connectivity index (χ2n) is 4.83. The molecule has 0 fully saturated rings. The Bertz CT molecular complexity index is 848. The summed E-state index contributed by atoms with van der Waals surface area (Å²) in [5.74, 6) is -2.34. The van der Waals surface area contributed by atoms with Gasteiger partial charge < -0.3 is 5.32 Å². The van der Waals surface area contributed by atoms with E-state index in [2.05, 4.69) is 5.32 Å². The second kappa shape index (κ2) is 5.84. The van der Waals surface area contributed by atoms with Gasteiger partial charge in [0, 0.05) is 17.9 Å². The number of halogens is 2. The van der Waals surface area contributed by atoms with E-state index in [0.717, 1.165) is 18.4 Å². The summed E-state index contributed by atoms with van der Waals surface area (Å²) in [6, 6.07) is 6.86. The minimum absolute atomic E-state index is 0.0113. The van der Waals surface area contributed by atoms with Gasteiger partial charge in [-0.3, -0.25) is 4.79 Å². The molecule has 22 heavy (non-hydrogen) atoms. The van der Waals surface area contributed by atoms with E-state index in [0.29, 0.717) is 11.6 Å². The zero-order valence-electron chi connectivity index (χ0n) is 11.9. The molecule has 116 valence electrons. The van der Waals surface area contributed by atoms with Crippen LogP contribution in [0.5, 0.6) is 0 Å². The lowest BCUT2D eigenvalue weighted by atomic mass is 10.1. The normalized spacial score (nSPS) is 11.3. The van der Waals surface area contributed by atoms with Gasteiger partial charge in [0.05, 0.1) is 10.6 Å². The highest BCUT2D eigenvalue weighted by Gasteiger charge is 2.16. The molecule has 0 atom stereocenters. The SMILES string of the molecule is Cc1ccc(S(C)(=O)=O)cc1C(=O)Nc1ccc(F)cc1F. The van der Waals surface area contributed by atoms with Crippen molar-refractivity contribution in [3.05, 3.63) is 59.2 Å². The van der Waals surface area contributed by atoms with Crippen LogP contribution >= 0.6 is 0 Å². The van der Waals surface area contributed by atoms with E-state index in [4.69, 9.17) is 0 Å². The van der Waals surface area contributed by atoms with Crippen molar-refractivity contribution in [3.8, 4) is 0 Å². The molecular formula is C15H13F2NO3S. The third-order valence-electron chi connectivity index (χ3n) is 3.06. The standard InChI is InChI=1S/C15H13F2NO3S/c1-9-3-5-11(22(2,20)21)8-12(9)15(19)18-14-6-4-10(16)7-13(14)17/h3-8H,1-2H3,(H,18,19). The van der Waals surface area contributed by atoms with Crippen LogP contribution in [0.1, 0.15) is 15.9 Å². The lowest BCUT2D eigenvalue weighted by molar-refractivity contribution is 0.102. The molecule has 0 bridgehead atoms. The highest BCUT2D eigenvalue weighted by atomic mass is 32.2. The van der Waals surface area contributed by atoms with Crippen molar-refractivity contribution in [2.45, 2.75) is 11.8 Å². The summed E-state index contributed by atoms with van der Waals surface area (Å²) in [6.45, 7) is 1.63. The van der Waals surface area contributed by atoms with Crippen LogP contribution in [0.3, 0.4) is 0 Å². The molecule has 2 rings (SSSR count). The summed E-state index contributed by atoms with van der Waals surface area (Å²) < 4.78 is 49.5. The smallest absolute Gasteiger partial charge is 0.256 e. The molecule has 0 aliphatic heterocycles. The van der Waals surface area contributed by atoms with Gasteiger partial charge in [0.2, 0.25) is 0 Å². The Kier molecular flexibility index (Phi) is 4.27. The van der Waals surface area contributed by atoms with E-state index >= 15 is 0 Å². The first-order valence-corrected chi connectivity index (χ1v) is 8.15. The Hall–Kier alpha value is -2.28. The van der Waals surface area contributed by atoms with Crippen LogP contribution in [-0.4, -0.2) is 20.6 Å². The predicted molar refractivity (Wildman–Crippen MR) is 78.6 cm³/mol. The first-order valence-electron chi connectivity index (χ1n) is 6.25. The van der Waals surface area contributed by atoms with E-state index in [1.807, 2.05) is 0 Å². The molecule has 2 aromatic carbocycles. The van der Waals surface area contributed by atoms with Crippen molar-refractivity contribution in [1.29, 1.82) is 0 Å². The number of carbonyl (C=O) groups excluding carboxylic acids is 1. The molecule has 1 N–H and O–H groups in total. The van der Waals surface area contributed by atoms with Crippen LogP contribution in [-0.2, 0) is 9.84 Å². The molecule has 0 saturated heterocycles. The molecule has 0 saturated carbocycles. The molecule has 0 aliphatic carbocycles. The average molecular weight is 325 g/mol. The molecule has 0 spiro atoms. The first kappa shape index (κ1) is 16.1. The summed E-state index contributed by atoms with van der Waals surface area (Å²) in [4.78, 5) is 12.2. The van der Waals surface area contributed by atoms with Gasteiger partial charge in [-0.05, 0) is 36.8 Å². The third-order valence-corrected chi connectivity index (χ3v) is 4.17. The topological polar surface area (TPSA) is 63.2 Å². The van der Waals surface area contributed by atoms with Gasteiger partial charge in [-0.2, -0.15) is 0 Å². The third kappa shape index (κ3) is 3.48. The quantitative estimate of drug-likeness (QED) is 0.944. The zero-order chi connectivity index (χ0) is 16.5. The first-order chi connectivity index (χ1) is 10.2. The van der Waals surface area contributed by atoms with E-state index in [1.54, 1.807) is 6.92 Å². The predicted octanol–water partition coefficient (Wildman–Crippen LogP) is 2.93. The van der Waals surface area contributed by atoms with Crippen LogP contribution in [0.4, 0.5) is 14.5 Å². The molecule has 4 nitrogen and oxygen atoms in total. The van der Waals surface area contributed by atoms with Gasteiger partial charge in [0.1, 0.15) is 11.6 Å². The minimum atomic E-state index is -3.47. The Balaban J connectivity index is 2.37. The summed E-state index contributed by atoms with van der Waals surface area (Å²) in [7, 11) is -3.47. The number of carbonyl (C=O) groups is 1. The molecule has 0 aliphatic rings. The van der Waals surface area contributed by atoms with Crippen molar-refractivity contribution < 1.29 is 22.0 Å². The molecular weight excluding hydrogens is 312 g/mol. The van der Waals surface area contributed by atoms with Crippen LogP contribution in [0.15, 0.2) is 41.3 Å². The van der Waals surface area contributed by atoms with Crippen molar-refractivity contribution in [2.24, 2.45) is 0 Å². The second-order valence-corrected chi connectivity index (χ2v) is 6.84. The summed E-state index contributed by atoms with van der Waals surface area (Å²) in [6.07, 6.45) is 1.03. The maximum absolute atomic E-state index is 13.5. The lowest BCUT2D eigenvalue weighted by Crippen LogP contribution is -2.15. The summed E-state index contributed by atoms with van der Waals surface area (Å²) in [5.41, 5.74) is 0.453. The molecule has 7 heteroatoms. The zero-order valence-corrected chi connectivity index (χ0v) is 12.7.